The van der Waals surface area contributed by atoms with Crippen LogP contribution in [0.1, 0.15) is 28.4 Å². The van der Waals surface area contributed by atoms with E-state index in [1.165, 1.54) is 35.9 Å². The Bertz CT molecular complexity index is 1350. The summed E-state index contributed by atoms with van der Waals surface area (Å²) in [7, 11) is 3.20. The fourth-order valence-electron chi connectivity index (χ4n) is 3.43. The molecule has 1 heterocycles. The molecule has 37 heavy (non-hydrogen) atoms. The van der Waals surface area contributed by atoms with Crippen LogP contribution in [-0.4, -0.2) is 42.7 Å². The number of methoxy groups -OCH3 is 1. The van der Waals surface area contributed by atoms with Crippen molar-refractivity contribution in [3.63, 3.8) is 0 Å². The molecule has 0 N–H and O–H groups in total. The Labute approximate surface area is 218 Å². The molecule has 190 valence electrons. The number of carbonyl (C=O) groups excluding carboxylic acids is 2. The number of esters is 1. The molecule has 0 unspecified atom stereocenters. The van der Waals surface area contributed by atoms with Crippen molar-refractivity contribution in [1.29, 1.82) is 0 Å². The lowest BCUT2D eigenvalue weighted by Crippen LogP contribution is -2.23. The molecule has 1 aliphatic rings. The normalized spacial score (nSPS) is 15.4. The minimum atomic E-state index is -0.392. The van der Waals surface area contributed by atoms with Gasteiger partial charge in [0.05, 0.1) is 29.9 Å². The summed E-state index contributed by atoms with van der Waals surface area (Å²) in [5, 5.41) is 0.520. The average Bonchev–Trinajstić information content (AvgIpc) is 3.16. The summed E-state index contributed by atoms with van der Waals surface area (Å²) in [5.74, 6) is 0.170. The standard InChI is InChI=1S/C28H25FN2O5S/c1-4-35-27(33)20-8-12-22(13-9-20)30-28-31(2)26(32)25(37-28)16-19-7-14-23(24(15-19)34-3)36-17-18-5-10-21(29)11-6-18/h5-16H,4,17H2,1-3H3. The molecule has 1 fully saturated rings. The lowest BCUT2D eigenvalue weighted by Gasteiger charge is -2.11. The number of thioether (sulfide) groups is 1. The fourth-order valence-corrected chi connectivity index (χ4v) is 4.42. The van der Waals surface area contributed by atoms with Gasteiger partial charge in [-0.1, -0.05) is 18.2 Å². The number of likely N-dealkylation sites (N-methyl/N-ethyl adjacent to an activating group) is 1. The maximum Gasteiger partial charge on any atom is 0.338 e. The number of hydrogen-bond donors (Lipinski definition) is 0. The highest BCUT2D eigenvalue weighted by atomic mass is 32.2. The summed E-state index contributed by atoms with van der Waals surface area (Å²) in [6, 6.07) is 18.2. The third-order valence-corrected chi connectivity index (χ3v) is 6.46. The van der Waals surface area contributed by atoms with Crippen molar-refractivity contribution >= 4 is 40.6 Å². The molecule has 0 radical (unpaired) electrons. The van der Waals surface area contributed by atoms with Gasteiger partial charge in [-0.3, -0.25) is 9.69 Å². The SMILES string of the molecule is CCOC(=O)c1ccc(N=C2SC(=Cc3ccc(OCc4ccc(F)cc4)c(OC)c3)C(=O)N2C)cc1. The number of carbonyl (C=O) groups is 2. The highest BCUT2D eigenvalue weighted by Crippen LogP contribution is 2.35. The third-order valence-electron chi connectivity index (χ3n) is 5.40. The van der Waals surface area contributed by atoms with Crippen LogP contribution in [0, 0.1) is 5.82 Å². The molecule has 1 saturated heterocycles. The second kappa shape index (κ2) is 11.7. The van der Waals surface area contributed by atoms with Gasteiger partial charge in [-0.05, 0) is 84.4 Å². The number of nitrogens with zero attached hydrogens (tertiary/aromatic N) is 2. The lowest BCUT2D eigenvalue weighted by molar-refractivity contribution is -0.121. The number of amides is 1. The molecule has 1 amide bonds. The molecule has 3 aromatic carbocycles. The van der Waals surface area contributed by atoms with Gasteiger partial charge in [0, 0.05) is 7.05 Å². The second-order valence-electron chi connectivity index (χ2n) is 7.96. The first-order valence-electron chi connectivity index (χ1n) is 11.5. The average molecular weight is 521 g/mol. The maximum absolute atomic E-state index is 13.1. The first kappa shape index (κ1) is 26.0. The van der Waals surface area contributed by atoms with Gasteiger partial charge in [0.2, 0.25) is 0 Å². The minimum absolute atomic E-state index is 0.178. The molecular weight excluding hydrogens is 495 g/mol. The van der Waals surface area contributed by atoms with Crippen LogP contribution < -0.4 is 9.47 Å². The van der Waals surface area contributed by atoms with Crippen molar-refractivity contribution in [3.8, 4) is 11.5 Å². The van der Waals surface area contributed by atoms with Crippen molar-refractivity contribution in [1.82, 2.24) is 4.90 Å². The summed E-state index contributed by atoms with van der Waals surface area (Å²) in [6.07, 6.45) is 1.77. The highest BCUT2D eigenvalue weighted by Gasteiger charge is 2.30. The van der Waals surface area contributed by atoms with Crippen LogP contribution in [0.2, 0.25) is 0 Å². The van der Waals surface area contributed by atoms with Gasteiger partial charge in [0.15, 0.2) is 16.7 Å². The van der Waals surface area contributed by atoms with Gasteiger partial charge < -0.3 is 14.2 Å². The number of aliphatic imine (C=N–C) groups is 1. The van der Waals surface area contributed by atoms with E-state index in [4.69, 9.17) is 14.2 Å². The largest absolute Gasteiger partial charge is 0.493 e. The molecule has 0 aliphatic carbocycles. The van der Waals surface area contributed by atoms with Crippen molar-refractivity contribution < 1.29 is 28.2 Å². The number of halogens is 1. The van der Waals surface area contributed by atoms with E-state index in [1.54, 1.807) is 68.6 Å². The predicted molar refractivity (Wildman–Crippen MR) is 142 cm³/mol. The van der Waals surface area contributed by atoms with Crippen molar-refractivity contribution in [2.45, 2.75) is 13.5 Å². The summed E-state index contributed by atoms with van der Waals surface area (Å²) < 4.78 is 29.4. The Balaban J connectivity index is 1.48. The van der Waals surface area contributed by atoms with Gasteiger partial charge in [-0.2, -0.15) is 0 Å². The van der Waals surface area contributed by atoms with E-state index in [1.807, 2.05) is 6.07 Å². The van der Waals surface area contributed by atoms with E-state index in [0.29, 0.717) is 39.4 Å². The Morgan fingerprint density at radius 3 is 2.46 bits per heavy atom. The number of rotatable bonds is 8. The van der Waals surface area contributed by atoms with Gasteiger partial charge >= 0.3 is 5.97 Å². The first-order chi connectivity index (χ1) is 17.9. The number of ether oxygens (including phenoxy) is 3. The van der Waals surface area contributed by atoms with Crippen LogP contribution in [0.4, 0.5) is 10.1 Å². The first-order valence-corrected chi connectivity index (χ1v) is 12.3. The van der Waals surface area contributed by atoms with Crippen molar-refractivity contribution in [3.05, 3.63) is 94.1 Å². The molecule has 0 saturated carbocycles. The summed E-state index contributed by atoms with van der Waals surface area (Å²) in [6.45, 7) is 2.32. The van der Waals surface area contributed by atoms with Crippen LogP contribution in [0.15, 0.2) is 76.6 Å². The van der Waals surface area contributed by atoms with Gasteiger partial charge in [-0.15, -0.1) is 0 Å². The quantitative estimate of drug-likeness (QED) is 0.275. The number of benzene rings is 3. The molecule has 0 bridgehead atoms. The Morgan fingerprint density at radius 2 is 1.78 bits per heavy atom. The molecule has 3 aromatic rings. The smallest absolute Gasteiger partial charge is 0.338 e. The molecule has 0 aromatic heterocycles. The zero-order valence-corrected chi connectivity index (χ0v) is 21.4. The van der Waals surface area contributed by atoms with Crippen LogP contribution in [0.25, 0.3) is 6.08 Å². The van der Waals surface area contributed by atoms with Gasteiger partial charge in [0.25, 0.3) is 5.91 Å². The van der Waals surface area contributed by atoms with Gasteiger partial charge in [0.1, 0.15) is 12.4 Å². The summed E-state index contributed by atoms with van der Waals surface area (Å²) in [5.41, 5.74) is 2.64. The van der Waals surface area contributed by atoms with E-state index in [0.717, 1.165) is 11.1 Å². The molecule has 4 rings (SSSR count). The van der Waals surface area contributed by atoms with E-state index in [9.17, 15) is 14.0 Å². The van der Waals surface area contributed by atoms with Crippen LogP contribution >= 0.6 is 11.8 Å². The molecule has 7 nitrogen and oxygen atoms in total. The summed E-state index contributed by atoms with van der Waals surface area (Å²) >= 11 is 1.25. The zero-order chi connectivity index (χ0) is 26.4. The number of amidine groups is 1. The second-order valence-corrected chi connectivity index (χ2v) is 8.97. The highest BCUT2D eigenvalue weighted by molar-refractivity contribution is 8.18. The van der Waals surface area contributed by atoms with Crippen LogP contribution in [0.3, 0.4) is 0 Å². The fraction of sp³-hybridized carbons (Fsp3) is 0.179. The monoisotopic (exact) mass is 520 g/mol. The van der Waals surface area contributed by atoms with Crippen molar-refractivity contribution in [2.75, 3.05) is 20.8 Å². The minimum Gasteiger partial charge on any atom is -0.493 e. The van der Waals surface area contributed by atoms with E-state index in [-0.39, 0.29) is 18.3 Å². The predicted octanol–water partition coefficient (Wildman–Crippen LogP) is 5.82. The molecule has 9 heteroatoms. The van der Waals surface area contributed by atoms with Crippen LogP contribution in [-0.2, 0) is 16.1 Å². The number of hydrogen-bond acceptors (Lipinski definition) is 7. The van der Waals surface area contributed by atoms with E-state index in [2.05, 4.69) is 4.99 Å². The van der Waals surface area contributed by atoms with Crippen molar-refractivity contribution in [2.24, 2.45) is 4.99 Å². The molecule has 0 atom stereocenters. The maximum atomic E-state index is 13.1. The molecule has 1 aliphatic heterocycles. The van der Waals surface area contributed by atoms with E-state index < -0.39 is 5.97 Å². The van der Waals surface area contributed by atoms with Gasteiger partial charge in [-0.25, -0.2) is 14.2 Å². The van der Waals surface area contributed by atoms with Crippen LogP contribution in [0.5, 0.6) is 11.5 Å². The topological polar surface area (TPSA) is 77.4 Å². The summed E-state index contributed by atoms with van der Waals surface area (Å²) in [4.78, 5) is 31.2. The molecule has 0 spiro atoms. The molecular formula is C28H25FN2O5S. The lowest BCUT2D eigenvalue weighted by atomic mass is 10.2. The Kier molecular flexibility index (Phi) is 8.25. The zero-order valence-electron chi connectivity index (χ0n) is 20.6. The van der Waals surface area contributed by atoms with E-state index >= 15 is 0 Å². The third kappa shape index (κ3) is 6.37. The Morgan fingerprint density at radius 1 is 1.05 bits per heavy atom. The Hall–Kier alpha value is -4.11.